The molecule has 0 saturated heterocycles. The maximum Gasteiger partial charge on any atom is 0.216 e. The standard InChI is InChI=1S/C16H19ClN2O3/c1-8(7-18-10(3)21)15-11-5-14(22-4)12(17)6-13(11)19-16(15)9(2)20/h5-6,8,19H,7H2,1-4H3,(H,18,21). The molecule has 0 aliphatic carbocycles. The number of Topliss-reactive ketones (excluding diaryl/α,β-unsaturated/α-hetero) is 1. The number of amides is 1. The molecule has 1 unspecified atom stereocenters. The minimum Gasteiger partial charge on any atom is -0.495 e. The highest BCUT2D eigenvalue weighted by Gasteiger charge is 2.21. The van der Waals surface area contributed by atoms with E-state index >= 15 is 0 Å². The lowest BCUT2D eigenvalue weighted by Crippen LogP contribution is -2.25. The fraction of sp³-hybridized carbons (Fsp3) is 0.375. The number of rotatable bonds is 5. The molecule has 1 aromatic heterocycles. The number of ether oxygens (including phenoxy) is 1. The number of benzene rings is 1. The summed E-state index contributed by atoms with van der Waals surface area (Å²) in [7, 11) is 1.55. The Morgan fingerprint density at radius 1 is 1.36 bits per heavy atom. The molecule has 0 radical (unpaired) electrons. The summed E-state index contributed by atoms with van der Waals surface area (Å²) in [6.07, 6.45) is 0. The quantitative estimate of drug-likeness (QED) is 0.830. The zero-order chi connectivity index (χ0) is 16.4. The zero-order valence-electron chi connectivity index (χ0n) is 13.0. The molecular formula is C16H19ClN2O3. The first-order valence-electron chi connectivity index (χ1n) is 6.99. The topological polar surface area (TPSA) is 71.2 Å². The van der Waals surface area contributed by atoms with Gasteiger partial charge in [-0.1, -0.05) is 18.5 Å². The van der Waals surface area contributed by atoms with Crippen LogP contribution < -0.4 is 10.1 Å². The lowest BCUT2D eigenvalue weighted by molar-refractivity contribution is -0.119. The Morgan fingerprint density at radius 2 is 2.05 bits per heavy atom. The van der Waals surface area contributed by atoms with Gasteiger partial charge in [0.15, 0.2) is 5.78 Å². The second kappa shape index (κ2) is 6.40. The Bertz CT molecular complexity index is 737. The Hall–Kier alpha value is -2.01. The number of ketones is 1. The van der Waals surface area contributed by atoms with E-state index in [1.54, 1.807) is 13.2 Å². The molecule has 6 heteroatoms. The molecule has 0 spiro atoms. The number of aromatic nitrogens is 1. The predicted molar refractivity (Wildman–Crippen MR) is 87.0 cm³/mol. The first-order valence-corrected chi connectivity index (χ1v) is 7.37. The van der Waals surface area contributed by atoms with E-state index in [9.17, 15) is 9.59 Å². The summed E-state index contributed by atoms with van der Waals surface area (Å²) in [6.45, 7) is 5.40. The summed E-state index contributed by atoms with van der Waals surface area (Å²) in [5.41, 5.74) is 2.18. The Morgan fingerprint density at radius 3 is 2.59 bits per heavy atom. The van der Waals surface area contributed by atoms with E-state index in [1.165, 1.54) is 13.8 Å². The van der Waals surface area contributed by atoms with Crippen molar-refractivity contribution in [1.29, 1.82) is 0 Å². The van der Waals surface area contributed by atoms with Crippen molar-refractivity contribution in [3.05, 3.63) is 28.4 Å². The highest BCUT2D eigenvalue weighted by Crippen LogP contribution is 2.36. The molecule has 118 valence electrons. The average Bonchev–Trinajstić information content (AvgIpc) is 2.82. The predicted octanol–water partition coefficient (Wildman–Crippen LogP) is 3.27. The number of H-pyrrole nitrogens is 1. The molecule has 2 aromatic rings. The van der Waals surface area contributed by atoms with Crippen LogP contribution >= 0.6 is 11.6 Å². The van der Waals surface area contributed by atoms with E-state index in [0.717, 1.165) is 16.5 Å². The van der Waals surface area contributed by atoms with Gasteiger partial charge in [-0.05, 0) is 17.7 Å². The van der Waals surface area contributed by atoms with Crippen LogP contribution in [0.15, 0.2) is 12.1 Å². The van der Waals surface area contributed by atoms with Gasteiger partial charge in [0, 0.05) is 37.2 Å². The van der Waals surface area contributed by atoms with Gasteiger partial charge in [-0.3, -0.25) is 9.59 Å². The zero-order valence-corrected chi connectivity index (χ0v) is 13.8. The minimum atomic E-state index is -0.100. The number of halogens is 1. The Balaban J connectivity index is 2.59. The van der Waals surface area contributed by atoms with Crippen molar-refractivity contribution in [3.8, 4) is 5.75 Å². The van der Waals surface area contributed by atoms with Gasteiger partial charge >= 0.3 is 0 Å². The smallest absolute Gasteiger partial charge is 0.216 e. The highest BCUT2D eigenvalue weighted by atomic mass is 35.5. The van der Waals surface area contributed by atoms with E-state index in [2.05, 4.69) is 10.3 Å². The van der Waals surface area contributed by atoms with Crippen LogP contribution in [0.4, 0.5) is 0 Å². The van der Waals surface area contributed by atoms with Crippen molar-refractivity contribution in [2.24, 2.45) is 0 Å². The van der Waals surface area contributed by atoms with E-state index < -0.39 is 0 Å². The molecule has 0 aliphatic rings. The molecular weight excluding hydrogens is 304 g/mol. The van der Waals surface area contributed by atoms with Crippen LogP contribution in [0.2, 0.25) is 5.02 Å². The van der Waals surface area contributed by atoms with Crippen LogP contribution in [0, 0.1) is 0 Å². The molecule has 22 heavy (non-hydrogen) atoms. The number of nitrogens with one attached hydrogen (secondary N) is 2. The van der Waals surface area contributed by atoms with Crippen molar-refractivity contribution in [3.63, 3.8) is 0 Å². The van der Waals surface area contributed by atoms with E-state index in [4.69, 9.17) is 16.3 Å². The summed E-state index contributed by atoms with van der Waals surface area (Å²) >= 11 is 6.14. The lowest BCUT2D eigenvalue weighted by Gasteiger charge is -2.13. The summed E-state index contributed by atoms with van der Waals surface area (Å²) in [6, 6.07) is 3.57. The van der Waals surface area contributed by atoms with Crippen LogP contribution in [-0.2, 0) is 4.79 Å². The molecule has 1 aromatic carbocycles. The third kappa shape index (κ3) is 3.09. The summed E-state index contributed by atoms with van der Waals surface area (Å²) < 4.78 is 5.26. The Kier molecular flexibility index (Phi) is 4.76. The van der Waals surface area contributed by atoms with Crippen LogP contribution in [0.1, 0.15) is 42.7 Å². The molecule has 1 heterocycles. The van der Waals surface area contributed by atoms with Crippen molar-refractivity contribution < 1.29 is 14.3 Å². The fourth-order valence-corrected chi connectivity index (χ4v) is 2.80. The number of hydrogen-bond donors (Lipinski definition) is 2. The van der Waals surface area contributed by atoms with Gasteiger partial charge in [0.25, 0.3) is 0 Å². The SMILES string of the molecule is COc1cc2c(C(C)CNC(C)=O)c(C(C)=O)[nH]c2cc1Cl. The normalized spacial score (nSPS) is 12.2. The first kappa shape index (κ1) is 16.4. The van der Waals surface area contributed by atoms with Crippen LogP contribution in [0.3, 0.4) is 0 Å². The molecule has 0 fully saturated rings. The largest absolute Gasteiger partial charge is 0.495 e. The molecule has 0 saturated carbocycles. The van der Waals surface area contributed by atoms with Gasteiger partial charge in [0.2, 0.25) is 5.91 Å². The number of aromatic amines is 1. The summed E-state index contributed by atoms with van der Waals surface area (Å²) in [5, 5.41) is 4.14. The molecule has 0 bridgehead atoms. The second-order valence-electron chi connectivity index (χ2n) is 5.34. The summed E-state index contributed by atoms with van der Waals surface area (Å²) in [4.78, 5) is 26.2. The van der Waals surface area contributed by atoms with Gasteiger partial charge in [0.05, 0.1) is 17.8 Å². The van der Waals surface area contributed by atoms with Gasteiger partial charge < -0.3 is 15.0 Å². The highest BCUT2D eigenvalue weighted by molar-refractivity contribution is 6.33. The minimum absolute atomic E-state index is 0.0255. The molecule has 1 atom stereocenters. The van der Waals surface area contributed by atoms with Crippen molar-refractivity contribution in [1.82, 2.24) is 10.3 Å². The van der Waals surface area contributed by atoms with E-state index in [-0.39, 0.29) is 17.6 Å². The molecule has 0 aliphatic heterocycles. The molecule has 2 N–H and O–H groups in total. The average molecular weight is 323 g/mol. The number of carbonyl (C=O) groups is 2. The summed E-state index contributed by atoms with van der Waals surface area (Å²) in [5.74, 6) is 0.367. The first-order chi connectivity index (χ1) is 10.3. The molecule has 2 rings (SSSR count). The van der Waals surface area contributed by atoms with Gasteiger partial charge in [-0.2, -0.15) is 0 Å². The van der Waals surface area contributed by atoms with Crippen LogP contribution in [0.25, 0.3) is 10.9 Å². The lowest BCUT2D eigenvalue weighted by atomic mass is 9.96. The van der Waals surface area contributed by atoms with Crippen LogP contribution in [-0.4, -0.2) is 30.3 Å². The maximum atomic E-state index is 11.9. The molecule has 1 amide bonds. The molecule has 5 nitrogen and oxygen atoms in total. The van der Waals surface area contributed by atoms with Gasteiger partial charge in [-0.25, -0.2) is 0 Å². The fourth-order valence-electron chi connectivity index (χ4n) is 2.56. The van der Waals surface area contributed by atoms with Crippen molar-refractivity contribution in [2.45, 2.75) is 26.7 Å². The Labute approximate surface area is 134 Å². The third-order valence-electron chi connectivity index (χ3n) is 3.61. The maximum absolute atomic E-state index is 11.9. The number of methoxy groups -OCH3 is 1. The number of fused-ring (bicyclic) bond motifs is 1. The van der Waals surface area contributed by atoms with Gasteiger partial charge in [0.1, 0.15) is 5.75 Å². The number of hydrogen-bond acceptors (Lipinski definition) is 3. The van der Waals surface area contributed by atoms with Crippen molar-refractivity contribution in [2.75, 3.05) is 13.7 Å². The van der Waals surface area contributed by atoms with E-state index in [1.807, 2.05) is 13.0 Å². The van der Waals surface area contributed by atoms with Crippen LogP contribution in [0.5, 0.6) is 5.75 Å². The second-order valence-corrected chi connectivity index (χ2v) is 5.75. The van der Waals surface area contributed by atoms with Crippen molar-refractivity contribution >= 4 is 34.2 Å². The van der Waals surface area contributed by atoms with Gasteiger partial charge in [-0.15, -0.1) is 0 Å². The third-order valence-corrected chi connectivity index (χ3v) is 3.91. The monoisotopic (exact) mass is 322 g/mol. The number of carbonyl (C=O) groups excluding carboxylic acids is 2. The van der Waals surface area contributed by atoms with E-state index in [0.29, 0.717) is 23.0 Å².